The molecule has 50 heavy (non-hydrogen) atoms. The Morgan fingerprint density at radius 2 is 1.66 bits per heavy atom. The molecule has 4 amide bonds. The fourth-order valence-electron chi connectivity index (χ4n) is 6.21. The first-order valence-electron chi connectivity index (χ1n) is 17.4. The highest BCUT2D eigenvalue weighted by Crippen LogP contribution is 2.29. The summed E-state index contributed by atoms with van der Waals surface area (Å²) in [5, 5.41) is 20.8. The molecule has 264 valence electrons. The zero-order chi connectivity index (χ0) is 35.6. The second-order valence-electron chi connectivity index (χ2n) is 12.7. The zero-order valence-electron chi connectivity index (χ0n) is 29.4. The van der Waals surface area contributed by atoms with Crippen LogP contribution in [0.15, 0.2) is 72.8 Å². The lowest BCUT2D eigenvalue weighted by molar-refractivity contribution is 0.0544. The number of hydrogen-bond donors (Lipinski definition) is 3. The van der Waals surface area contributed by atoms with Gasteiger partial charge < -0.3 is 30.3 Å². The van der Waals surface area contributed by atoms with Gasteiger partial charge >= 0.3 is 6.03 Å². The molecule has 3 aromatic carbocycles. The molecule has 1 unspecified atom stereocenters. The van der Waals surface area contributed by atoms with E-state index in [1.807, 2.05) is 60.4 Å². The van der Waals surface area contributed by atoms with E-state index in [1.165, 1.54) is 0 Å². The molecular formula is C39H48N6O5. The Morgan fingerprint density at radius 1 is 0.960 bits per heavy atom. The first-order chi connectivity index (χ1) is 24.3. The molecule has 1 aliphatic heterocycles. The number of carbonyl (C=O) groups excluding carboxylic acids is 3. The van der Waals surface area contributed by atoms with Crippen molar-refractivity contribution >= 4 is 23.5 Å². The van der Waals surface area contributed by atoms with E-state index in [0.29, 0.717) is 55.4 Å². The van der Waals surface area contributed by atoms with Crippen LogP contribution < -0.4 is 15.4 Å². The summed E-state index contributed by atoms with van der Waals surface area (Å²) in [5.74, 6) is 0.276. The standard InChI is InChI=1S/C39H48N6O5/c1-5-7-19-43(20-8-6-2)38(48)35-21-27(3)45(42-35)36-18-15-31(41-39(49)40-24-28-13-16-33(50-4)17-14-28)23-34(36)37(47)44-25-30-12-10-9-11-29(30)22-32(44)26-46/h9-18,21,23,32,46H,5-8,19-20,22,24-26H2,1-4H3,(H2,40,41,49). The molecule has 1 aliphatic rings. The quantitative estimate of drug-likeness (QED) is 0.147. The number of aryl methyl sites for hydroxylation is 1. The maximum atomic E-state index is 14.5. The van der Waals surface area contributed by atoms with Gasteiger partial charge in [0.05, 0.1) is 31.0 Å². The first kappa shape index (κ1) is 36.1. The van der Waals surface area contributed by atoms with Crippen molar-refractivity contribution in [1.29, 1.82) is 0 Å². The van der Waals surface area contributed by atoms with Crippen molar-refractivity contribution in [2.24, 2.45) is 0 Å². The Morgan fingerprint density at radius 3 is 2.32 bits per heavy atom. The van der Waals surface area contributed by atoms with Crippen molar-refractivity contribution in [3.8, 4) is 11.4 Å². The number of benzene rings is 3. The van der Waals surface area contributed by atoms with Crippen molar-refractivity contribution in [3.63, 3.8) is 0 Å². The molecule has 1 atom stereocenters. The summed E-state index contributed by atoms with van der Waals surface area (Å²) >= 11 is 0. The van der Waals surface area contributed by atoms with Crippen molar-refractivity contribution in [2.45, 2.75) is 72.0 Å². The van der Waals surface area contributed by atoms with Crippen LogP contribution in [0.4, 0.5) is 10.5 Å². The van der Waals surface area contributed by atoms with Gasteiger partial charge in [0.1, 0.15) is 5.75 Å². The Hall–Kier alpha value is -5.16. The number of nitrogens with one attached hydrogen (secondary N) is 2. The van der Waals surface area contributed by atoms with E-state index in [0.717, 1.165) is 48.1 Å². The third-order valence-corrected chi connectivity index (χ3v) is 9.11. The average Bonchev–Trinajstić information content (AvgIpc) is 3.54. The zero-order valence-corrected chi connectivity index (χ0v) is 29.4. The number of carbonyl (C=O) groups is 3. The van der Waals surface area contributed by atoms with Gasteiger partial charge in [-0.3, -0.25) is 9.59 Å². The van der Waals surface area contributed by atoms with Crippen LogP contribution in [0.3, 0.4) is 0 Å². The molecule has 0 saturated carbocycles. The molecule has 0 radical (unpaired) electrons. The number of nitrogens with zero attached hydrogens (tertiary/aromatic N) is 4. The first-order valence-corrected chi connectivity index (χ1v) is 17.4. The van der Waals surface area contributed by atoms with Gasteiger partial charge in [0.25, 0.3) is 11.8 Å². The monoisotopic (exact) mass is 680 g/mol. The minimum absolute atomic E-state index is 0.138. The van der Waals surface area contributed by atoms with E-state index in [9.17, 15) is 19.5 Å². The maximum absolute atomic E-state index is 14.5. The van der Waals surface area contributed by atoms with E-state index < -0.39 is 12.1 Å². The molecule has 0 fully saturated rings. The molecule has 0 bridgehead atoms. The number of methoxy groups -OCH3 is 1. The number of anilines is 1. The highest BCUT2D eigenvalue weighted by atomic mass is 16.5. The topological polar surface area (TPSA) is 129 Å². The molecular weight excluding hydrogens is 632 g/mol. The molecule has 11 nitrogen and oxygen atoms in total. The van der Waals surface area contributed by atoms with E-state index in [2.05, 4.69) is 24.5 Å². The summed E-state index contributed by atoms with van der Waals surface area (Å²) < 4.78 is 6.83. The SMILES string of the molecule is CCCCN(CCCC)C(=O)c1cc(C)n(-c2ccc(NC(=O)NCc3ccc(OC)cc3)cc2C(=O)N2Cc3ccccc3CC2CO)n1. The second-order valence-corrected chi connectivity index (χ2v) is 12.7. The van der Waals surface area contributed by atoms with Crippen LogP contribution in [0.25, 0.3) is 5.69 Å². The number of fused-ring (bicyclic) bond motifs is 1. The molecule has 1 aromatic heterocycles. The molecule has 4 aromatic rings. The second kappa shape index (κ2) is 17.0. The highest BCUT2D eigenvalue weighted by molar-refractivity contribution is 6.00. The lowest BCUT2D eigenvalue weighted by Gasteiger charge is -2.36. The van der Waals surface area contributed by atoms with Gasteiger partial charge in [-0.05, 0) is 79.3 Å². The Kier molecular flexibility index (Phi) is 12.3. The Balaban J connectivity index is 1.46. The number of amides is 4. The number of rotatable bonds is 14. The molecule has 0 aliphatic carbocycles. The van der Waals surface area contributed by atoms with Crippen molar-refractivity contribution in [2.75, 3.05) is 32.1 Å². The molecule has 0 spiro atoms. The Bertz CT molecular complexity index is 1780. The normalized spacial score (nSPS) is 13.8. The number of hydrogen-bond acceptors (Lipinski definition) is 6. The van der Waals surface area contributed by atoms with Crippen LogP contribution in [-0.4, -0.2) is 75.4 Å². The van der Waals surface area contributed by atoms with Crippen LogP contribution in [0, 0.1) is 6.92 Å². The van der Waals surface area contributed by atoms with Crippen molar-refractivity contribution < 1.29 is 24.2 Å². The number of ether oxygens (including phenoxy) is 1. The summed E-state index contributed by atoms with van der Waals surface area (Å²) in [5.41, 5.74) is 5.18. The van der Waals surface area contributed by atoms with Gasteiger partial charge in [-0.25, -0.2) is 9.48 Å². The summed E-state index contributed by atoms with van der Waals surface area (Å²) in [4.78, 5) is 44.7. The largest absolute Gasteiger partial charge is 0.497 e. The maximum Gasteiger partial charge on any atom is 0.319 e. The van der Waals surface area contributed by atoms with Crippen LogP contribution in [0.2, 0.25) is 0 Å². The molecule has 5 rings (SSSR count). The molecule has 3 N–H and O–H groups in total. The van der Waals surface area contributed by atoms with Crippen LogP contribution in [-0.2, 0) is 19.5 Å². The van der Waals surface area contributed by atoms with E-state index in [1.54, 1.807) is 41.0 Å². The third-order valence-electron chi connectivity index (χ3n) is 9.11. The van der Waals surface area contributed by atoms with Gasteiger partial charge in [-0.1, -0.05) is 63.1 Å². The number of urea groups is 1. The van der Waals surface area contributed by atoms with Crippen molar-refractivity contribution in [1.82, 2.24) is 24.9 Å². The number of aliphatic hydroxyl groups excluding tert-OH is 1. The smallest absolute Gasteiger partial charge is 0.319 e. The molecule has 0 saturated heterocycles. The van der Waals surface area contributed by atoms with E-state index in [4.69, 9.17) is 9.84 Å². The van der Waals surface area contributed by atoms with Gasteiger partial charge in [0, 0.05) is 37.6 Å². The lowest BCUT2D eigenvalue weighted by Crippen LogP contribution is -2.46. The summed E-state index contributed by atoms with van der Waals surface area (Å²) in [6.45, 7) is 7.79. The van der Waals surface area contributed by atoms with Gasteiger partial charge in [0.15, 0.2) is 5.69 Å². The number of aliphatic hydroxyl groups is 1. The molecule has 2 heterocycles. The fraction of sp³-hybridized carbons (Fsp3) is 0.385. The van der Waals surface area contributed by atoms with Crippen molar-refractivity contribution in [3.05, 3.63) is 106 Å². The van der Waals surface area contributed by atoms with Crippen LogP contribution in [0.5, 0.6) is 5.75 Å². The minimum Gasteiger partial charge on any atom is -0.497 e. The lowest BCUT2D eigenvalue weighted by atomic mass is 9.93. The van der Waals surface area contributed by atoms with Gasteiger partial charge in [-0.2, -0.15) is 5.10 Å². The van der Waals surface area contributed by atoms with Gasteiger partial charge in [-0.15, -0.1) is 0 Å². The predicted molar refractivity (Wildman–Crippen MR) is 194 cm³/mol. The fourth-order valence-corrected chi connectivity index (χ4v) is 6.21. The highest BCUT2D eigenvalue weighted by Gasteiger charge is 2.32. The summed E-state index contributed by atoms with van der Waals surface area (Å²) in [6.07, 6.45) is 4.28. The summed E-state index contributed by atoms with van der Waals surface area (Å²) in [7, 11) is 1.60. The van der Waals surface area contributed by atoms with E-state index in [-0.39, 0.29) is 24.0 Å². The number of aromatic nitrogens is 2. The van der Waals surface area contributed by atoms with Gasteiger partial charge in [0.2, 0.25) is 0 Å². The minimum atomic E-state index is -0.436. The Labute approximate surface area is 294 Å². The average molecular weight is 681 g/mol. The predicted octanol–water partition coefficient (Wildman–Crippen LogP) is 6.11. The van der Waals surface area contributed by atoms with E-state index >= 15 is 0 Å². The summed E-state index contributed by atoms with van der Waals surface area (Å²) in [6, 6.07) is 21.3. The third kappa shape index (κ3) is 8.52. The van der Waals surface area contributed by atoms with Crippen LogP contribution >= 0.6 is 0 Å². The van der Waals surface area contributed by atoms with Crippen LogP contribution in [0.1, 0.15) is 82.8 Å². The number of unbranched alkanes of at least 4 members (excludes halogenated alkanes) is 2. The molecule has 11 heteroatoms.